The van der Waals surface area contributed by atoms with Crippen molar-refractivity contribution in [3.05, 3.63) is 38.1 Å². The van der Waals surface area contributed by atoms with E-state index in [-0.39, 0.29) is 10.3 Å². The van der Waals surface area contributed by atoms with E-state index in [9.17, 15) is 8.42 Å². The lowest BCUT2D eigenvalue weighted by molar-refractivity contribution is 0.208. The summed E-state index contributed by atoms with van der Waals surface area (Å²) in [4.78, 5) is 2.17. The van der Waals surface area contributed by atoms with E-state index in [2.05, 4.69) is 25.6 Å². The molecule has 0 aliphatic carbocycles. The van der Waals surface area contributed by atoms with Crippen LogP contribution in [0.2, 0.25) is 9.36 Å². The van der Waals surface area contributed by atoms with Crippen molar-refractivity contribution >= 4 is 66.2 Å². The van der Waals surface area contributed by atoms with E-state index in [1.807, 2.05) is 7.05 Å². The van der Waals surface area contributed by atoms with Crippen molar-refractivity contribution in [2.45, 2.75) is 16.7 Å². The minimum absolute atomic E-state index is 0.0430. The van der Waals surface area contributed by atoms with Crippen LogP contribution >= 0.6 is 50.5 Å². The zero-order valence-electron chi connectivity index (χ0n) is 13.1. The van der Waals surface area contributed by atoms with E-state index in [0.29, 0.717) is 25.3 Å². The van der Waals surface area contributed by atoms with Crippen molar-refractivity contribution in [1.29, 1.82) is 0 Å². The van der Waals surface area contributed by atoms with E-state index in [0.717, 1.165) is 30.8 Å². The van der Waals surface area contributed by atoms with Gasteiger partial charge in [0.25, 0.3) is 10.0 Å². The van der Waals surface area contributed by atoms with E-state index in [1.54, 1.807) is 18.2 Å². The fraction of sp³-hybridized carbons (Fsp3) is 0.333. The molecule has 25 heavy (non-hydrogen) atoms. The number of nitrogens with zero attached hydrogens (tertiary/aromatic N) is 1. The third-order valence-electron chi connectivity index (χ3n) is 3.71. The Labute approximate surface area is 169 Å². The zero-order valence-corrected chi connectivity index (χ0v) is 17.9. The predicted octanol–water partition coefficient (Wildman–Crippen LogP) is 4.70. The van der Waals surface area contributed by atoms with Gasteiger partial charge >= 0.3 is 0 Å². The molecule has 136 valence electrons. The summed E-state index contributed by atoms with van der Waals surface area (Å²) < 4.78 is 34.5. The molecule has 1 saturated heterocycles. The summed E-state index contributed by atoms with van der Waals surface area (Å²) >= 11 is 16.3. The van der Waals surface area contributed by atoms with Crippen molar-refractivity contribution in [3.8, 4) is 5.75 Å². The minimum Gasteiger partial charge on any atom is -0.487 e. The summed E-state index contributed by atoms with van der Waals surface area (Å²) in [6.07, 6.45) is 0.950. The molecule has 1 aliphatic heterocycles. The SMILES string of the molecule is CN1CC[C@@H](Oc2cc(NS(=O)(=O)c3cc(Br)c(Cl)s3)ccc2Cl)C1. The van der Waals surface area contributed by atoms with Gasteiger partial charge in [-0.05, 0) is 47.6 Å². The van der Waals surface area contributed by atoms with Crippen molar-refractivity contribution in [1.82, 2.24) is 4.90 Å². The molecule has 0 radical (unpaired) electrons. The Morgan fingerprint density at radius 2 is 2.12 bits per heavy atom. The minimum atomic E-state index is -3.73. The molecular weight excluding hydrogens is 471 g/mol. The number of ether oxygens (including phenoxy) is 1. The zero-order chi connectivity index (χ0) is 18.2. The largest absolute Gasteiger partial charge is 0.487 e. The number of likely N-dealkylation sites (tertiary alicyclic amines) is 1. The molecule has 0 bridgehead atoms. The summed E-state index contributed by atoms with van der Waals surface area (Å²) in [5.41, 5.74) is 0.381. The molecule has 0 spiro atoms. The fourth-order valence-electron chi connectivity index (χ4n) is 2.49. The average molecular weight is 486 g/mol. The van der Waals surface area contributed by atoms with Crippen LogP contribution in [0.5, 0.6) is 5.75 Å². The third-order valence-corrected chi connectivity index (χ3v) is 8.35. The summed E-state index contributed by atoms with van der Waals surface area (Å²) in [5.74, 6) is 0.465. The van der Waals surface area contributed by atoms with E-state index >= 15 is 0 Å². The number of halogens is 3. The number of benzene rings is 1. The highest BCUT2D eigenvalue weighted by molar-refractivity contribution is 9.10. The third kappa shape index (κ3) is 4.61. The van der Waals surface area contributed by atoms with Crippen molar-refractivity contribution < 1.29 is 13.2 Å². The van der Waals surface area contributed by atoms with Crippen molar-refractivity contribution in [3.63, 3.8) is 0 Å². The lowest BCUT2D eigenvalue weighted by atomic mass is 10.3. The van der Waals surface area contributed by atoms with Gasteiger partial charge in [0.15, 0.2) is 0 Å². The Morgan fingerprint density at radius 3 is 2.72 bits per heavy atom. The van der Waals surface area contributed by atoms with Crippen LogP contribution < -0.4 is 9.46 Å². The maximum atomic E-state index is 12.5. The van der Waals surface area contributed by atoms with Gasteiger partial charge in [0, 0.05) is 23.6 Å². The smallest absolute Gasteiger partial charge is 0.271 e. The predicted molar refractivity (Wildman–Crippen MR) is 106 cm³/mol. The average Bonchev–Trinajstić information content (AvgIpc) is 3.09. The van der Waals surface area contributed by atoms with Crippen LogP contribution in [-0.2, 0) is 10.0 Å². The van der Waals surface area contributed by atoms with Gasteiger partial charge in [0.2, 0.25) is 0 Å². The molecule has 1 aliphatic rings. The van der Waals surface area contributed by atoms with Gasteiger partial charge in [-0.25, -0.2) is 8.42 Å². The number of hydrogen-bond acceptors (Lipinski definition) is 5. The summed E-state index contributed by atoms with van der Waals surface area (Å²) in [6.45, 7) is 1.77. The second-order valence-corrected chi connectivity index (χ2v) is 10.6. The Morgan fingerprint density at radius 1 is 1.36 bits per heavy atom. The van der Waals surface area contributed by atoms with Crippen LogP contribution in [0.1, 0.15) is 6.42 Å². The summed E-state index contributed by atoms with van der Waals surface area (Å²) in [6, 6.07) is 6.28. The molecule has 1 N–H and O–H groups in total. The summed E-state index contributed by atoms with van der Waals surface area (Å²) in [5, 5.41) is 0.444. The fourth-order valence-corrected chi connectivity index (χ4v) is 6.00. The maximum absolute atomic E-state index is 12.5. The van der Waals surface area contributed by atoms with Crippen LogP contribution in [0, 0.1) is 0 Å². The Balaban J connectivity index is 1.79. The molecule has 0 saturated carbocycles. The highest BCUT2D eigenvalue weighted by Crippen LogP contribution is 2.36. The Kier molecular flexibility index (Phi) is 5.87. The number of thiophene rings is 1. The first-order chi connectivity index (χ1) is 11.7. The van der Waals surface area contributed by atoms with Crippen molar-refractivity contribution in [2.24, 2.45) is 0 Å². The van der Waals surface area contributed by atoms with Gasteiger partial charge in [-0.15, -0.1) is 11.3 Å². The molecule has 1 fully saturated rings. The first-order valence-electron chi connectivity index (χ1n) is 7.37. The van der Waals surface area contributed by atoms with Crippen LogP contribution in [-0.4, -0.2) is 39.6 Å². The lowest BCUT2D eigenvalue weighted by Gasteiger charge is -2.16. The summed E-state index contributed by atoms with van der Waals surface area (Å²) in [7, 11) is -1.71. The molecule has 0 amide bonds. The highest BCUT2D eigenvalue weighted by atomic mass is 79.9. The first-order valence-corrected chi connectivity index (χ1v) is 11.2. The van der Waals surface area contributed by atoms with Gasteiger partial charge in [0.1, 0.15) is 20.4 Å². The van der Waals surface area contributed by atoms with Crippen LogP contribution in [0.25, 0.3) is 0 Å². The van der Waals surface area contributed by atoms with Gasteiger partial charge in [-0.1, -0.05) is 23.2 Å². The number of sulfonamides is 1. The molecule has 10 heteroatoms. The van der Waals surface area contributed by atoms with Crippen LogP contribution in [0.4, 0.5) is 5.69 Å². The number of rotatable bonds is 5. The number of hydrogen-bond donors (Lipinski definition) is 1. The molecule has 3 rings (SSSR count). The van der Waals surface area contributed by atoms with Crippen LogP contribution in [0.15, 0.2) is 32.9 Å². The molecule has 0 unspecified atom stereocenters. The van der Waals surface area contributed by atoms with Gasteiger partial charge < -0.3 is 9.64 Å². The van der Waals surface area contributed by atoms with E-state index < -0.39 is 10.0 Å². The Hall–Kier alpha value is -0.510. The molecule has 1 aromatic carbocycles. The molecule has 1 atom stereocenters. The van der Waals surface area contributed by atoms with E-state index in [4.69, 9.17) is 27.9 Å². The second-order valence-electron chi connectivity index (χ2n) is 5.73. The van der Waals surface area contributed by atoms with Crippen LogP contribution in [0.3, 0.4) is 0 Å². The normalized spacial score (nSPS) is 18.5. The second kappa shape index (κ2) is 7.62. The quantitative estimate of drug-likeness (QED) is 0.666. The standard InChI is InChI=1S/C15H15BrCl2N2O3S2/c1-20-5-4-10(8-20)23-13-6-9(2-3-12(13)17)19-25(21,22)14-7-11(16)15(18)24-14/h2-3,6-7,10,19H,4-5,8H2,1H3/t10-/m1/s1. The maximum Gasteiger partial charge on any atom is 0.271 e. The highest BCUT2D eigenvalue weighted by Gasteiger charge is 2.23. The molecular formula is C15H15BrCl2N2O3S2. The van der Waals surface area contributed by atoms with Gasteiger partial charge in [-0.3, -0.25) is 4.72 Å². The van der Waals surface area contributed by atoms with E-state index in [1.165, 1.54) is 6.07 Å². The van der Waals surface area contributed by atoms with Gasteiger partial charge in [-0.2, -0.15) is 0 Å². The van der Waals surface area contributed by atoms with Gasteiger partial charge in [0.05, 0.1) is 10.7 Å². The Bertz CT molecular complexity index is 869. The molecule has 2 heterocycles. The first kappa shape index (κ1) is 19.3. The topological polar surface area (TPSA) is 58.6 Å². The monoisotopic (exact) mass is 484 g/mol. The molecule has 2 aromatic rings. The molecule has 5 nitrogen and oxygen atoms in total. The number of nitrogens with one attached hydrogen (secondary N) is 1. The number of anilines is 1. The lowest BCUT2D eigenvalue weighted by Crippen LogP contribution is -2.21. The van der Waals surface area contributed by atoms with Crippen molar-refractivity contribution in [2.75, 3.05) is 24.9 Å². The molecule has 1 aromatic heterocycles. The number of likely N-dealkylation sites (N-methyl/N-ethyl adjacent to an activating group) is 1.